The summed E-state index contributed by atoms with van der Waals surface area (Å²) in [6, 6.07) is 6.82. The second kappa shape index (κ2) is 7.79. The lowest BCUT2D eigenvalue weighted by Crippen LogP contribution is -2.33. The van der Waals surface area contributed by atoms with Gasteiger partial charge in [-0.05, 0) is 43.7 Å². The summed E-state index contributed by atoms with van der Waals surface area (Å²) in [5.41, 5.74) is 1.25. The molecule has 3 nitrogen and oxygen atoms in total. The molecule has 0 bridgehead atoms. The van der Waals surface area contributed by atoms with Gasteiger partial charge in [0.25, 0.3) is 0 Å². The van der Waals surface area contributed by atoms with Crippen molar-refractivity contribution in [2.45, 2.75) is 44.0 Å². The van der Waals surface area contributed by atoms with E-state index in [0.29, 0.717) is 12.6 Å². The Labute approximate surface area is 126 Å². The molecule has 0 aliphatic heterocycles. The summed E-state index contributed by atoms with van der Waals surface area (Å²) in [6.07, 6.45) is 6.19. The number of thioether (sulfide) groups is 1. The van der Waals surface area contributed by atoms with Crippen molar-refractivity contribution in [2.24, 2.45) is 0 Å². The molecule has 1 aromatic rings. The summed E-state index contributed by atoms with van der Waals surface area (Å²) in [4.78, 5) is 0. The Morgan fingerprint density at radius 1 is 1.30 bits per heavy atom. The van der Waals surface area contributed by atoms with Crippen LogP contribution in [0.5, 0.6) is 11.5 Å². The predicted molar refractivity (Wildman–Crippen MR) is 85.9 cm³/mol. The molecule has 1 aromatic carbocycles. The van der Waals surface area contributed by atoms with Crippen LogP contribution in [0.2, 0.25) is 0 Å². The van der Waals surface area contributed by atoms with Crippen molar-refractivity contribution in [2.75, 3.05) is 20.0 Å². The minimum Gasteiger partial charge on any atom is -0.493 e. The van der Waals surface area contributed by atoms with Gasteiger partial charge in [0.15, 0.2) is 11.5 Å². The van der Waals surface area contributed by atoms with Crippen molar-refractivity contribution in [3.8, 4) is 11.5 Å². The van der Waals surface area contributed by atoms with E-state index in [1.54, 1.807) is 7.11 Å². The molecule has 1 aliphatic rings. The molecule has 2 atom stereocenters. The second-order valence-electron chi connectivity index (χ2n) is 5.11. The number of nitrogens with one attached hydrogen (secondary N) is 1. The molecule has 1 fully saturated rings. The predicted octanol–water partition coefficient (Wildman–Crippen LogP) is 3.47. The Balaban J connectivity index is 1.97. The first kappa shape index (κ1) is 15.5. The van der Waals surface area contributed by atoms with Gasteiger partial charge in [0.2, 0.25) is 0 Å². The highest BCUT2D eigenvalue weighted by Crippen LogP contribution is 2.30. The average molecular weight is 295 g/mol. The van der Waals surface area contributed by atoms with E-state index in [-0.39, 0.29) is 0 Å². The lowest BCUT2D eigenvalue weighted by atomic mass is 10.1. The highest BCUT2D eigenvalue weighted by atomic mass is 32.2. The smallest absolute Gasteiger partial charge is 0.161 e. The first-order valence-corrected chi connectivity index (χ1v) is 8.63. The number of hydrogen-bond donors (Lipinski definition) is 1. The van der Waals surface area contributed by atoms with Crippen LogP contribution in [-0.2, 0) is 6.54 Å². The van der Waals surface area contributed by atoms with Crippen molar-refractivity contribution in [1.29, 1.82) is 0 Å². The van der Waals surface area contributed by atoms with Crippen molar-refractivity contribution < 1.29 is 9.47 Å². The van der Waals surface area contributed by atoms with Crippen LogP contribution >= 0.6 is 11.8 Å². The Kier molecular flexibility index (Phi) is 6.05. The zero-order valence-corrected chi connectivity index (χ0v) is 13.5. The molecule has 2 rings (SSSR count). The topological polar surface area (TPSA) is 30.5 Å². The van der Waals surface area contributed by atoms with Crippen LogP contribution in [0.1, 0.15) is 31.7 Å². The zero-order valence-electron chi connectivity index (χ0n) is 12.6. The van der Waals surface area contributed by atoms with Crippen LogP contribution in [-0.4, -0.2) is 31.3 Å². The Hall–Kier alpha value is -0.870. The van der Waals surface area contributed by atoms with Gasteiger partial charge < -0.3 is 14.8 Å². The van der Waals surface area contributed by atoms with E-state index in [0.717, 1.165) is 23.3 Å². The van der Waals surface area contributed by atoms with Gasteiger partial charge in [-0.3, -0.25) is 0 Å². The van der Waals surface area contributed by atoms with Crippen molar-refractivity contribution in [3.05, 3.63) is 23.8 Å². The van der Waals surface area contributed by atoms with E-state index in [4.69, 9.17) is 9.47 Å². The van der Waals surface area contributed by atoms with E-state index in [1.807, 2.05) is 24.8 Å². The minimum atomic E-state index is 0.641. The number of methoxy groups -OCH3 is 1. The van der Waals surface area contributed by atoms with Crippen LogP contribution in [0.4, 0.5) is 0 Å². The van der Waals surface area contributed by atoms with Crippen LogP contribution < -0.4 is 14.8 Å². The Bertz CT molecular complexity index is 425. The lowest BCUT2D eigenvalue weighted by molar-refractivity contribution is 0.310. The summed E-state index contributed by atoms with van der Waals surface area (Å²) in [6.45, 7) is 3.54. The molecule has 0 heterocycles. The fraction of sp³-hybridized carbons (Fsp3) is 0.625. The largest absolute Gasteiger partial charge is 0.493 e. The van der Waals surface area contributed by atoms with Crippen molar-refractivity contribution in [3.63, 3.8) is 0 Å². The third-order valence-electron chi connectivity index (χ3n) is 3.85. The van der Waals surface area contributed by atoms with E-state index in [2.05, 4.69) is 23.7 Å². The zero-order chi connectivity index (χ0) is 14.4. The molecular weight excluding hydrogens is 270 g/mol. The maximum absolute atomic E-state index is 5.63. The van der Waals surface area contributed by atoms with E-state index >= 15 is 0 Å². The normalized spacial score (nSPS) is 21.9. The fourth-order valence-electron chi connectivity index (χ4n) is 2.79. The van der Waals surface area contributed by atoms with E-state index in [9.17, 15) is 0 Å². The third-order valence-corrected chi connectivity index (χ3v) is 5.02. The molecule has 0 spiro atoms. The molecule has 0 amide bonds. The van der Waals surface area contributed by atoms with E-state index < -0.39 is 0 Å². The summed E-state index contributed by atoms with van der Waals surface area (Å²) < 4.78 is 10.9. The summed E-state index contributed by atoms with van der Waals surface area (Å²) in [5, 5.41) is 4.45. The average Bonchev–Trinajstić information content (AvgIpc) is 2.93. The van der Waals surface area contributed by atoms with Gasteiger partial charge in [-0.25, -0.2) is 0 Å². The summed E-state index contributed by atoms with van der Waals surface area (Å²) in [7, 11) is 1.68. The molecule has 1 N–H and O–H groups in total. The summed E-state index contributed by atoms with van der Waals surface area (Å²) in [5.74, 6) is 1.64. The first-order chi connectivity index (χ1) is 9.78. The highest BCUT2D eigenvalue weighted by Gasteiger charge is 2.25. The molecule has 1 aliphatic carbocycles. The van der Waals surface area contributed by atoms with Crippen molar-refractivity contribution in [1.82, 2.24) is 5.32 Å². The van der Waals surface area contributed by atoms with E-state index in [1.165, 1.54) is 24.8 Å². The third kappa shape index (κ3) is 3.83. The molecule has 0 radical (unpaired) electrons. The first-order valence-electron chi connectivity index (χ1n) is 7.34. The number of rotatable bonds is 7. The maximum atomic E-state index is 5.63. The second-order valence-corrected chi connectivity index (χ2v) is 6.19. The molecule has 112 valence electrons. The molecule has 0 aromatic heterocycles. The highest BCUT2D eigenvalue weighted by molar-refractivity contribution is 7.99. The van der Waals surface area contributed by atoms with Crippen LogP contribution in [0.15, 0.2) is 18.2 Å². The number of hydrogen-bond acceptors (Lipinski definition) is 4. The van der Waals surface area contributed by atoms with Gasteiger partial charge in [-0.15, -0.1) is 0 Å². The quantitative estimate of drug-likeness (QED) is 0.834. The fourth-order valence-corrected chi connectivity index (χ4v) is 3.75. The Morgan fingerprint density at radius 2 is 2.15 bits per heavy atom. The molecule has 4 heteroatoms. The molecule has 20 heavy (non-hydrogen) atoms. The minimum absolute atomic E-state index is 0.641. The van der Waals surface area contributed by atoms with Gasteiger partial charge in [0.1, 0.15) is 0 Å². The molecule has 2 unspecified atom stereocenters. The van der Waals surface area contributed by atoms with Crippen molar-refractivity contribution >= 4 is 11.8 Å². The SMILES string of the molecule is CCOc1cc(CNC2CCCC2SC)ccc1OC. The van der Waals surface area contributed by atoms with Crippen LogP contribution in [0.3, 0.4) is 0 Å². The van der Waals surface area contributed by atoms with Gasteiger partial charge in [-0.1, -0.05) is 12.5 Å². The van der Waals surface area contributed by atoms with Gasteiger partial charge >= 0.3 is 0 Å². The van der Waals surface area contributed by atoms with Crippen LogP contribution in [0.25, 0.3) is 0 Å². The molecular formula is C16H25NO2S. The van der Waals surface area contributed by atoms with Crippen LogP contribution in [0, 0.1) is 0 Å². The monoisotopic (exact) mass is 295 g/mol. The summed E-state index contributed by atoms with van der Waals surface area (Å²) >= 11 is 1.99. The lowest BCUT2D eigenvalue weighted by Gasteiger charge is -2.19. The maximum Gasteiger partial charge on any atom is 0.161 e. The Morgan fingerprint density at radius 3 is 2.85 bits per heavy atom. The van der Waals surface area contributed by atoms with Gasteiger partial charge in [0, 0.05) is 17.8 Å². The number of ether oxygens (including phenoxy) is 2. The van der Waals surface area contributed by atoms with Gasteiger partial charge in [0.05, 0.1) is 13.7 Å². The number of benzene rings is 1. The standard InChI is InChI=1S/C16H25NO2S/c1-4-19-15-10-12(8-9-14(15)18-2)11-17-13-6-5-7-16(13)20-3/h8-10,13,16-17H,4-7,11H2,1-3H3. The molecule has 0 saturated heterocycles. The van der Waals surface area contributed by atoms with Gasteiger partial charge in [-0.2, -0.15) is 11.8 Å². The molecule has 1 saturated carbocycles.